The van der Waals surface area contributed by atoms with Crippen LogP contribution in [-0.4, -0.2) is 26.5 Å². The smallest absolute Gasteiger partial charge is 0.242 e. The van der Waals surface area contributed by atoms with Crippen LogP contribution in [0.4, 0.5) is 0 Å². The van der Waals surface area contributed by atoms with Crippen molar-refractivity contribution < 1.29 is 8.42 Å². The minimum absolute atomic E-state index is 0.116. The summed E-state index contributed by atoms with van der Waals surface area (Å²) in [5.74, 6) is 0.116. The molecule has 1 aromatic heterocycles. The molecule has 1 unspecified atom stereocenters. The second-order valence-electron chi connectivity index (χ2n) is 4.39. The van der Waals surface area contributed by atoms with Crippen LogP contribution in [0.25, 0.3) is 10.9 Å². The zero-order valence-electron chi connectivity index (χ0n) is 10.2. The predicted molar refractivity (Wildman–Crippen MR) is 71.7 cm³/mol. The summed E-state index contributed by atoms with van der Waals surface area (Å²) in [6, 6.07) is 7.31. The number of hydrogen-bond donors (Lipinski definition) is 3. The molecule has 0 radical (unpaired) electrons. The van der Waals surface area contributed by atoms with Crippen molar-refractivity contribution in [2.45, 2.75) is 11.8 Å². The summed E-state index contributed by atoms with van der Waals surface area (Å²) in [4.78, 5) is 3.23. The van der Waals surface area contributed by atoms with Crippen LogP contribution in [0, 0.1) is 5.92 Å². The van der Waals surface area contributed by atoms with Crippen LogP contribution in [0.5, 0.6) is 0 Å². The lowest BCUT2D eigenvalue weighted by Gasteiger charge is -2.10. The van der Waals surface area contributed by atoms with E-state index in [1.165, 1.54) is 6.20 Å². The summed E-state index contributed by atoms with van der Waals surface area (Å²) in [5, 5.41) is 0.699. The van der Waals surface area contributed by atoms with Gasteiger partial charge in [-0.2, -0.15) is 0 Å². The van der Waals surface area contributed by atoms with Gasteiger partial charge in [0.05, 0.1) is 0 Å². The van der Waals surface area contributed by atoms with E-state index in [0.717, 1.165) is 5.52 Å². The van der Waals surface area contributed by atoms with E-state index < -0.39 is 10.0 Å². The highest BCUT2D eigenvalue weighted by Crippen LogP contribution is 2.21. The molecule has 98 valence electrons. The molecule has 1 heterocycles. The summed E-state index contributed by atoms with van der Waals surface area (Å²) in [7, 11) is -3.49. The number of para-hydroxylation sites is 1. The van der Waals surface area contributed by atoms with Crippen molar-refractivity contribution in [2.75, 3.05) is 13.1 Å². The quantitative estimate of drug-likeness (QED) is 0.756. The van der Waals surface area contributed by atoms with Crippen molar-refractivity contribution in [3.63, 3.8) is 0 Å². The highest BCUT2D eigenvalue weighted by atomic mass is 32.2. The highest BCUT2D eigenvalue weighted by Gasteiger charge is 2.18. The van der Waals surface area contributed by atoms with Gasteiger partial charge in [0, 0.05) is 23.6 Å². The average Bonchev–Trinajstić information content (AvgIpc) is 2.80. The third-order valence-electron chi connectivity index (χ3n) is 2.86. The lowest BCUT2D eigenvalue weighted by atomic mass is 10.2. The molecule has 2 aromatic rings. The molecule has 0 aliphatic heterocycles. The van der Waals surface area contributed by atoms with Crippen molar-refractivity contribution >= 4 is 20.9 Å². The maximum atomic E-state index is 12.2. The second-order valence-corrected chi connectivity index (χ2v) is 6.13. The molecule has 1 aromatic carbocycles. The van der Waals surface area contributed by atoms with Crippen LogP contribution in [0.1, 0.15) is 6.92 Å². The summed E-state index contributed by atoms with van der Waals surface area (Å²) in [6.07, 6.45) is 1.51. The molecule has 2 rings (SSSR count). The van der Waals surface area contributed by atoms with Crippen LogP contribution in [0.3, 0.4) is 0 Å². The number of nitrogens with one attached hydrogen (secondary N) is 2. The number of rotatable bonds is 5. The third kappa shape index (κ3) is 2.55. The molecule has 18 heavy (non-hydrogen) atoms. The van der Waals surface area contributed by atoms with Gasteiger partial charge in [0.1, 0.15) is 4.90 Å². The fourth-order valence-corrected chi connectivity index (χ4v) is 3.02. The first-order valence-corrected chi connectivity index (χ1v) is 7.29. The van der Waals surface area contributed by atoms with E-state index in [-0.39, 0.29) is 10.8 Å². The van der Waals surface area contributed by atoms with Crippen LogP contribution in [0.15, 0.2) is 35.4 Å². The molecule has 6 heteroatoms. The molecule has 4 N–H and O–H groups in total. The fourth-order valence-electron chi connectivity index (χ4n) is 1.68. The van der Waals surface area contributed by atoms with Gasteiger partial charge in [0.15, 0.2) is 0 Å². The van der Waals surface area contributed by atoms with E-state index in [9.17, 15) is 8.42 Å². The van der Waals surface area contributed by atoms with Crippen molar-refractivity contribution in [3.05, 3.63) is 30.5 Å². The molecule has 1 atom stereocenters. The molecule has 0 aliphatic rings. The van der Waals surface area contributed by atoms with Crippen molar-refractivity contribution in [2.24, 2.45) is 11.7 Å². The van der Waals surface area contributed by atoms with Gasteiger partial charge in [0.25, 0.3) is 0 Å². The Bertz CT molecular complexity index is 634. The van der Waals surface area contributed by atoms with E-state index in [2.05, 4.69) is 9.71 Å². The molecule has 0 saturated carbocycles. The fraction of sp³-hybridized carbons (Fsp3) is 0.333. The minimum Gasteiger partial charge on any atom is -0.360 e. The normalized spacial score (nSPS) is 13.9. The van der Waals surface area contributed by atoms with Crippen LogP contribution < -0.4 is 10.5 Å². The Kier molecular flexibility index (Phi) is 3.70. The highest BCUT2D eigenvalue weighted by molar-refractivity contribution is 7.89. The maximum Gasteiger partial charge on any atom is 0.242 e. The molecule has 0 saturated heterocycles. The van der Waals surface area contributed by atoms with Crippen LogP contribution >= 0.6 is 0 Å². The van der Waals surface area contributed by atoms with Crippen LogP contribution in [-0.2, 0) is 10.0 Å². The monoisotopic (exact) mass is 267 g/mol. The predicted octanol–water partition coefficient (Wildman–Crippen LogP) is 1.04. The third-order valence-corrected chi connectivity index (χ3v) is 4.33. The Labute approximate surface area is 106 Å². The van der Waals surface area contributed by atoms with Gasteiger partial charge >= 0.3 is 0 Å². The first-order valence-electron chi connectivity index (χ1n) is 5.80. The van der Waals surface area contributed by atoms with Gasteiger partial charge in [-0.15, -0.1) is 0 Å². The number of benzene rings is 1. The van der Waals surface area contributed by atoms with Crippen molar-refractivity contribution in [1.29, 1.82) is 0 Å². The molecular formula is C12H17N3O2S. The number of hydrogen-bond acceptors (Lipinski definition) is 3. The number of nitrogens with two attached hydrogens (primary N) is 1. The number of sulfonamides is 1. The summed E-state index contributed by atoms with van der Waals surface area (Å²) >= 11 is 0. The van der Waals surface area contributed by atoms with Gasteiger partial charge in [-0.3, -0.25) is 0 Å². The van der Waals surface area contributed by atoms with Gasteiger partial charge < -0.3 is 10.7 Å². The van der Waals surface area contributed by atoms with Crippen LogP contribution in [0.2, 0.25) is 0 Å². The number of fused-ring (bicyclic) bond motifs is 1. The van der Waals surface area contributed by atoms with E-state index in [1.807, 2.05) is 25.1 Å². The molecule has 0 aliphatic carbocycles. The first kappa shape index (κ1) is 13.1. The molecule has 0 bridgehead atoms. The van der Waals surface area contributed by atoms with Gasteiger partial charge in [-0.05, 0) is 18.5 Å². The molecule has 5 nitrogen and oxygen atoms in total. The minimum atomic E-state index is -3.49. The van der Waals surface area contributed by atoms with E-state index in [4.69, 9.17) is 5.73 Å². The van der Waals surface area contributed by atoms with E-state index >= 15 is 0 Å². The second kappa shape index (κ2) is 5.09. The topological polar surface area (TPSA) is 88.0 Å². The summed E-state index contributed by atoms with van der Waals surface area (Å²) in [6.45, 7) is 2.70. The number of aromatic nitrogens is 1. The lowest BCUT2D eigenvalue weighted by Crippen LogP contribution is -2.31. The summed E-state index contributed by atoms with van der Waals surface area (Å²) in [5.41, 5.74) is 6.28. The first-order chi connectivity index (χ1) is 8.54. The zero-order chi connectivity index (χ0) is 13.2. The molecular weight excluding hydrogens is 250 g/mol. The largest absolute Gasteiger partial charge is 0.360 e. The standard InChI is InChI=1S/C12H17N3O2S/c1-9(6-13)7-15-18(16,17)12-8-14-11-5-3-2-4-10(11)12/h2-5,8-9,14-15H,6-7,13H2,1H3. The Morgan fingerprint density at radius 3 is 2.83 bits per heavy atom. The Hall–Kier alpha value is -1.37. The molecule has 0 amide bonds. The van der Waals surface area contributed by atoms with Gasteiger partial charge in [-0.25, -0.2) is 13.1 Å². The number of H-pyrrole nitrogens is 1. The van der Waals surface area contributed by atoms with Gasteiger partial charge in [0.2, 0.25) is 10.0 Å². The van der Waals surface area contributed by atoms with Gasteiger partial charge in [-0.1, -0.05) is 25.1 Å². The Balaban J connectivity index is 2.30. The SMILES string of the molecule is CC(CN)CNS(=O)(=O)c1c[nH]c2ccccc12. The average molecular weight is 267 g/mol. The molecule has 0 spiro atoms. The van der Waals surface area contributed by atoms with E-state index in [0.29, 0.717) is 18.5 Å². The maximum absolute atomic E-state index is 12.2. The van der Waals surface area contributed by atoms with E-state index in [1.54, 1.807) is 6.07 Å². The van der Waals surface area contributed by atoms with Crippen molar-refractivity contribution in [1.82, 2.24) is 9.71 Å². The molecule has 0 fully saturated rings. The Morgan fingerprint density at radius 2 is 2.11 bits per heavy atom. The number of aromatic amines is 1. The Morgan fingerprint density at radius 1 is 1.39 bits per heavy atom. The van der Waals surface area contributed by atoms with Crippen molar-refractivity contribution in [3.8, 4) is 0 Å². The summed E-state index contributed by atoms with van der Waals surface area (Å²) < 4.78 is 26.9. The zero-order valence-corrected chi connectivity index (χ0v) is 11.0. The lowest BCUT2D eigenvalue weighted by molar-refractivity contribution is 0.545.